The van der Waals surface area contributed by atoms with Gasteiger partial charge in [0.15, 0.2) is 5.78 Å². The van der Waals surface area contributed by atoms with Crippen LogP contribution in [0.2, 0.25) is 0 Å². The zero-order valence-corrected chi connectivity index (χ0v) is 21.9. The van der Waals surface area contributed by atoms with Crippen molar-refractivity contribution >= 4 is 39.1 Å². The molecule has 4 aromatic rings. The summed E-state index contributed by atoms with van der Waals surface area (Å²) in [6, 6.07) is 19.9. The Hall–Kier alpha value is -4.02. The first kappa shape index (κ1) is 26.6. The Morgan fingerprint density at radius 3 is 2.49 bits per heavy atom. The minimum atomic E-state index is -4.44. The van der Waals surface area contributed by atoms with Crippen molar-refractivity contribution in [2.75, 3.05) is 17.2 Å². The zero-order valence-electron chi connectivity index (χ0n) is 20.4. The van der Waals surface area contributed by atoms with Gasteiger partial charge < -0.3 is 10.6 Å². The molecule has 5 rings (SSSR count). The van der Waals surface area contributed by atoms with Crippen LogP contribution in [-0.2, 0) is 17.5 Å². The number of nitrogens with zero attached hydrogens (tertiary/aromatic N) is 1. The van der Waals surface area contributed by atoms with Gasteiger partial charge in [-0.3, -0.25) is 14.9 Å². The standard InChI is InChI=1S/C29H22BrF3N4O2/c30-20-9-12-26(34-15-20)35-16-25(38)27-23-11-10-21(13-18(23)14-36-27)37-28(39)24-4-2-1-3-22(24)17-5-7-19(8-6-17)29(31,32)33/h1-13,15,27,36H,14,16H2,(H,34,35)(H,37,39). The van der Waals surface area contributed by atoms with E-state index >= 15 is 0 Å². The maximum atomic E-state index is 13.2. The number of hydrogen-bond donors (Lipinski definition) is 3. The Morgan fingerprint density at radius 1 is 1.00 bits per heavy atom. The lowest BCUT2D eigenvalue weighted by molar-refractivity contribution is -0.137. The van der Waals surface area contributed by atoms with Gasteiger partial charge in [0, 0.05) is 28.5 Å². The number of amides is 1. The number of aromatic nitrogens is 1. The van der Waals surface area contributed by atoms with E-state index in [0.717, 1.165) is 27.7 Å². The fourth-order valence-corrected chi connectivity index (χ4v) is 4.69. The molecule has 39 heavy (non-hydrogen) atoms. The van der Waals surface area contributed by atoms with Crippen LogP contribution < -0.4 is 16.0 Å². The topological polar surface area (TPSA) is 83.1 Å². The van der Waals surface area contributed by atoms with E-state index < -0.39 is 23.7 Å². The number of carbonyl (C=O) groups is 2. The maximum Gasteiger partial charge on any atom is 0.416 e. The number of rotatable bonds is 7. The minimum Gasteiger partial charge on any atom is -0.363 e. The molecule has 0 saturated carbocycles. The van der Waals surface area contributed by atoms with Crippen molar-refractivity contribution in [2.24, 2.45) is 0 Å². The Morgan fingerprint density at radius 2 is 1.77 bits per heavy atom. The van der Waals surface area contributed by atoms with Crippen LogP contribution in [0.15, 0.2) is 89.5 Å². The quantitative estimate of drug-likeness (QED) is 0.224. The van der Waals surface area contributed by atoms with Gasteiger partial charge in [-0.25, -0.2) is 4.98 Å². The molecule has 0 spiro atoms. The highest BCUT2D eigenvalue weighted by Crippen LogP contribution is 2.33. The molecule has 10 heteroatoms. The monoisotopic (exact) mass is 594 g/mol. The summed E-state index contributed by atoms with van der Waals surface area (Å²) in [7, 11) is 0. The minimum absolute atomic E-state index is 0.0410. The van der Waals surface area contributed by atoms with Gasteiger partial charge in [0.25, 0.3) is 5.91 Å². The van der Waals surface area contributed by atoms with Crippen LogP contribution in [0, 0.1) is 0 Å². The summed E-state index contributed by atoms with van der Waals surface area (Å²) in [6.07, 6.45) is -2.79. The fraction of sp³-hybridized carbons (Fsp3) is 0.138. The van der Waals surface area contributed by atoms with E-state index in [0.29, 0.717) is 34.7 Å². The third kappa shape index (κ3) is 6.02. The number of halogens is 4. The van der Waals surface area contributed by atoms with E-state index in [-0.39, 0.29) is 12.3 Å². The van der Waals surface area contributed by atoms with Gasteiger partial charge in [-0.2, -0.15) is 13.2 Å². The number of benzene rings is 3. The lowest BCUT2D eigenvalue weighted by atomic mass is 9.97. The van der Waals surface area contributed by atoms with Crippen molar-refractivity contribution in [1.29, 1.82) is 0 Å². The molecule has 0 fully saturated rings. The smallest absolute Gasteiger partial charge is 0.363 e. The van der Waals surface area contributed by atoms with Crippen molar-refractivity contribution in [2.45, 2.75) is 18.8 Å². The molecule has 1 aromatic heterocycles. The van der Waals surface area contributed by atoms with Crippen LogP contribution in [0.4, 0.5) is 24.7 Å². The van der Waals surface area contributed by atoms with Crippen LogP contribution >= 0.6 is 15.9 Å². The van der Waals surface area contributed by atoms with Crippen LogP contribution in [0.3, 0.4) is 0 Å². The number of fused-ring (bicyclic) bond motifs is 1. The third-order valence-electron chi connectivity index (χ3n) is 6.40. The van der Waals surface area contributed by atoms with Gasteiger partial charge in [0.1, 0.15) is 5.82 Å². The molecule has 0 saturated heterocycles. The van der Waals surface area contributed by atoms with Crippen LogP contribution in [0.5, 0.6) is 0 Å². The van der Waals surface area contributed by atoms with Crippen molar-refractivity contribution < 1.29 is 22.8 Å². The van der Waals surface area contributed by atoms with Crippen LogP contribution in [0.1, 0.15) is 33.1 Å². The fourth-order valence-electron chi connectivity index (χ4n) is 4.46. The summed E-state index contributed by atoms with van der Waals surface area (Å²) in [4.78, 5) is 30.2. The Bertz CT molecular complexity index is 1520. The average Bonchev–Trinajstić information content (AvgIpc) is 3.35. The molecule has 3 aromatic carbocycles. The third-order valence-corrected chi connectivity index (χ3v) is 6.87. The number of anilines is 2. The van der Waals surface area contributed by atoms with Crippen LogP contribution in [0.25, 0.3) is 11.1 Å². The molecule has 0 bridgehead atoms. The maximum absolute atomic E-state index is 13.2. The van der Waals surface area contributed by atoms with Gasteiger partial charge in [-0.15, -0.1) is 0 Å². The molecule has 2 heterocycles. The number of nitrogens with one attached hydrogen (secondary N) is 3. The van der Waals surface area contributed by atoms with E-state index in [1.807, 2.05) is 18.2 Å². The molecule has 6 nitrogen and oxygen atoms in total. The lowest BCUT2D eigenvalue weighted by Crippen LogP contribution is -2.27. The van der Waals surface area contributed by atoms with Crippen molar-refractivity contribution in [1.82, 2.24) is 10.3 Å². The Balaban J connectivity index is 1.28. The second-order valence-corrected chi connectivity index (χ2v) is 9.90. The first-order chi connectivity index (χ1) is 18.7. The molecular formula is C29H22BrF3N4O2. The molecule has 1 atom stereocenters. The molecule has 1 amide bonds. The highest BCUT2D eigenvalue weighted by atomic mass is 79.9. The number of carbonyl (C=O) groups excluding carboxylic acids is 2. The first-order valence-corrected chi connectivity index (χ1v) is 12.8. The van der Waals surface area contributed by atoms with E-state index in [1.54, 1.807) is 42.6 Å². The van der Waals surface area contributed by atoms with E-state index in [1.165, 1.54) is 12.1 Å². The summed E-state index contributed by atoms with van der Waals surface area (Å²) in [5.41, 5.74) is 2.88. The average molecular weight is 595 g/mol. The van der Waals surface area contributed by atoms with Crippen LogP contribution in [-0.4, -0.2) is 23.2 Å². The van der Waals surface area contributed by atoms with E-state index in [9.17, 15) is 22.8 Å². The van der Waals surface area contributed by atoms with Gasteiger partial charge in [0.2, 0.25) is 0 Å². The van der Waals surface area contributed by atoms with Crippen molar-refractivity contribution in [3.8, 4) is 11.1 Å². The SMILES string of the molecule is O=C(Nc1ccc2c(c1)CNC2C(=O)CNc1ccc(Br)cn1)c1ccccc1-c1ccc(C(F)(F)F)cc1. The highest BCUT2D eigenvalue weighted by molar-refractivity contribution is 9.10. The molecule has 0 aliphatic carbocycles. The molecule has 3 N–H and O–H groups in total. The Kier molecular flexibility index (Phi) is 7.49. The predicted octanol–water partition coefficient (Wildman–Crippen LogP) is 6.61. The number of ketones is 1. The molecule has 1 aliphatic rings. The van der Waals surface area contributed by atoms with E-state index in [2.05, 4.69) is 36.9 Å². The summed E-state index contributed by atoms with van der Waals surface area (Å²) in [6.45, 7) is 0.569. The number of hydrogen-bond acceptors (Lipinski definition) is 5. The molecule has 1 unspecified atom stereocenters. The number of Topliss-reactive ketones (excluding diaryl/α,β-unsaturated/α-hetero) is 1. The van der Waals surface area contributed by atoms with Crippen molar-refractivity contribution in [3.05, 3.63) is 112 Å². The second kappa shape index (κ2) is 11.0. The summed E-state index contributed by atoms with van der Waals surface area (Å²) >= 11 is 3.33. The molecule has 0 radical (unpaired) electrons. The highest BCUT2D eigenvalue weighted by Gasteiger charge is 2.30. The normalized spacial score (nSPS) is 14.5. The first-order valence-electron chi connectivity index (χ1n) is 12.0. The zero-order chi connectivity index (χ0) is 27.6. The van der Waals surface area contributed by atoms with Gasteiger partial charge >= 0.3 is 6.18 Å². The summed E-state index contributed by atoms with van der Waals surface area (Å²) < 4.78 is 39.7. The summed E-state index contributed by atoms with van der Waals surface area (Å²) in [5, 5.41) is 9.12. The van der Waals surface area contributed by atoms with Gasteiger partial charge in [0.05, 0.1) is 18.2 Å². The Labute approximate surface area is 230 Å². The van der Waals surface area contributed by atoms with Crippen molar-refractivity contribution in [3.63, 3.8) is 0 Å². The van der Waals surface area contributed by atoms with E-state index in [4.69, 9.17) is 0 Å². The molecule has 1 aliphatic heterocycles. The largest absolute Gasteiger partial charge is 0.416 e. The molecular weight excluding hydrogens is 573 g/mol. The van der Waals surface area contributed by atoms with Gasteiger partial charge in [-0.1, -0.05) is 36.4 Å². The lowest BCUT2D eigenvalue weighted by Gasteiger charge is -2.14. The summed E-state index contributed by atoms with van der Waals surface area (Å²) in [5.74, 6) is 0.162. The number of pyridine rings is 1. The second-order valence-electron chi connectivity index (χ2n) is 8.98. The predicted molar refractivity (Wildman–Crippen MR) is 146 cm³/mol. The number of alkyl halides is 3. The molecule has 198 valence electrons. The van der Waals surface area contributed by atoms with Gasteiger partial charge in [-0.05, 0) is 80.6 Å².